The van der Waals surface area contributed by atoms with Crippen LogP contribution in [0.1, 0.15) is 124 Å². The highest BCUT2D eigenvalue weighted by atomic mass is 19.4. The first kappa shape index (κ1) is 39.1. The highest BCUT2D eigenvalue weighted by molar-refractivity contribution is 5.94. The first-order chi connectivity index (χ1) is 20.7. The van der Waals surface area contributed by atoms with Crippen molar-refractivity contribution >= 4 is 11.9 Å². The molecule has 3 N–H and O–H groups in total. The van der Waals surface area contributed by atoms with Crippen molar-refractivity contribution in [2.24, 2.45) is 0 Å². The second-order valence-electron chi connectivity index (χ2n) is 11.4. The highest BCUT2D eigenvalue weighted by Gasteiger charge is 2.30. The number of carbonyl (C=O) groups is 2. The smallest absolute Gasteiger partial charge is 0.416 e. The van der Waals surface area contributed by atoms with Gasteiger partial charge < -0.3 is 15.5 Å². The van der Waals surface area contributed by atoms with Gasteiger partial charge in [0, 0.05) is 38.7 Å². The Morgan fingerprint density at radius 1 is 0.727 bits per heavy atom. The Hall–Kier alpha value is -2.91. The number of benzene rings is 2. The number of nitrogens with zero attached hydrogens (tertiary/aromatic N) is 1. The minimum absolute atomic E-state index is 0. The summed E-state index contributed by atoms with van der Waals surface area (Å²) in [5.74, 6) is -0.481. The van der Waals surface area contributed by atoms with E-state index in [9.17, 15) is 22.8 Å². The van der Waals surface area contributed by atoms with Crippen LogP contribution >= 0.6 is 0 Å². The molecular formula is C35H53F3N2O4. The third kappa shape index (κ3) is 17.4. The Morgan fingerprint density at radius 2 is 1.18 bits per heavy atom. The Balaban J connectivity index is 0.00000968. The van der Waals surface area contributed by atoms with E-state index in [-0.39, 0.29) is 24.0 Å². The average Bonchev–Trinajstić information content (AvgIpc) is 2.97. The molecule has 9 heteroatoms. The van der Waals surface area contributed by atoms with Crippen molar-refractivity contribution in [1.29, 1.82) is 0 Å². The minimum Gasteiger partial charge on any atom is -0.465 e. The summed E-state index contributed by atoms with van der Waals surface area (Å²) in [6, 6.07) is 12.4. The topological polar surface area (TPSA) is 90.1 Å². The van der Waals surface area contributed by atoms with Crippen molar-refractivity contribution in [3.8, 4) is 0 Å². The molecule has 0 aliphatic heterocycles. The molecular weight excluding hydrogens is 569 g/mol. The predicted octanol–water partition coefficient (Wildman–Crippen LogP) is 8.27. The fourth-order valence-corrected chi connectivity index (χ4v) is 5.06. The lowest BCUT2D eigenvalue weighted by molar-refractivity contribution is -0.141. The van der Waals surface area contributed by atoms with E-state index in [0.29, 0.717) is 31.7 Å². The van der Waals surface area contributed by atoms with Crippen LogP contribution in [0.3, 0.4) is 0 Å². The molecule has 6 nitrogen and oxygen atoms in total. The number of nitrogens with one attached hydrogen (secondary N) is 1. The van der Waals surface area contributed by atoms with E-state index in [2.05, 4.69) is 12.2 Å². The van der Waals surface area contributed by atoms with Crippen LogP contribution in [0.4, 0.5) is 13.2 Å². The van der Waals surface area contributed by atoms with E-state index in [1.54, 1.807) is 12.1 Å². The number of hydrogen-bond donors (Lipinski definition) is 1. The molecule has 0 aromatic heterocycles. The standard InChI is InChI=1S/C35H51F3N2O3.H2O/c1-3-4-5-6-7-8-9-10-11-12-13-14-15-24-39-34(42)32-20-16-30(17-21-32)27-40(25-26-43-29(2)41)28-31-18-22-33(23-19-31)35(36,37)38;/h16-23H,3-15,24-28H2,1-2H3,(H,39,42);1H2. The molecule has 0 unspecified atom stereocenters. The maximum atomic E-state index is 12.9. The summed E-state index contributed by atoms with van der Waals surface area (Å²) in [6.45, 7) is 5.72. The number of unbranched alkanes of at least 4 members (excludes halogenated alkanes) is 12. The average molecular weight is 623 g/mol. The fourth-order valence-electron chi connectivity index (χ4n) is 5.06. The summed E-state index contributed by atoms with van der Waals surface area (Å²) in [7, 11) is 0. The number of esters is 1. The van der Waals surface area contributed by atoms with E-state index in [4.69, 9.17) is 4.74 Å². The third-order valence-corrected chi connectivity index (χ3v) is 7.59. The van der Waals surface area contributed by atoms with E-state index in [0.717, 1.165) is 36.1 Å². The van der Waals surface area contributed by atoms with Gasteiger partial charge in [0.15, 0.2) is 0 Å². The number of alkyl halides is 3. The summed E-state index contributed by atoms with van der Waals surface area (Å²) in [5.41, 5.74) is 1.57. The first-order valence-corrected chi connectivity index (χ1v) is 16.1. The van der Waals surface area contributed by atoms with Gasteiger partial charge in [0.05, 0.1) is 5.56 Å². The lowest BCUT2D eigenvalue weighted by atomic mass is 10.0. The van der Waals surface area contributed by atoms with Gasteiger partial charge in [0.25, 0.3) is 5.91 Å². The minimum atomic E-state index is -4.38. The van der Waals surface area contributed by atoms with Gasteiger partial charge in [-0.3, -0.25) is 14.5 Å². The molecule has 0 saturated heterocycles. The molecule has 0 aliphatic rings. The lowest BCUT2D eigenvalue weighted by Crippen LogP contribution is -2.28. The van der Waals surface area contributed by atoms with E-state index < -0.39 is 11.7 Å². The van der Waals surface area contributed by atoms with Crippen LogP contribution in [0.25, 0.3) is 0 Å². The summed E-state index contributed by atoms with van der Waals surface area (Å²) in [6.07, 6.45) is 12.4. The van der Waals surface area contributed by atoms with Gasteiger partial charge in [-0.15, -0.1) is 0 Å². The van der Waals surface area contributed by atoms with Crippen LogP contribution in [0, 0.1) is 0 Å². The van der Waals surface area contributed by atoms with E-state index in [1.165, 1.54) is 89.7 Å². The van der Waals surface area contributed by atoms with Gasteiger partial charge in [-0.1, -0.05) is 108 Å². The van der Waals surface area contributed by atoms with Crippen LogP contribution in [-0.2, 0) is 28.8 Å². The normalized spacial score (nSPS) is 11.3. The summed E-state index contributed by atoms with van der Waals surface area (Å²) in [4.78, 5) is 25.8. The van der Waals surface area contributed by atoms with Gasteiger partial charge in [-0.2, -0.15) is 13.2 Å². The van der Waals surface area contributed by atoms with Gasteiger partial charge in [-0.05, 0) is 41.8 Å². The molecule has 0 radical (unpaired) electrons. The third-order valence-electron chi connectivity index (χ3n) is 7.59. The SMILES string of the molecule is CCCCCCCCCCCCCCCNC(=O)c1ccc(CN(CCOC(C)=O)Cc2ccc(C(F)(F)F)cc2)cc1.O. The molecule has 0 atom stereocenters. The number of rotatable bonds is 22. The molecule has 1 amide bonds. The fraction of sp³-hybridized carbons (Fsp3) is 0.600. The van der Waals surface area contributed by atoms with Crippen molar-refractivity contribution in [2.45, 2.75) is 117 Å². The zero-order valence-electron chi connectivity index (χ0n) is 26.7. The van der Waals surface area contributed by atoms with Crippen LogP contribution in [0.2, 0.25) is 0 Å². The van der Waals surface area contributed by atoms with Crippen LogP contribution in [0.5, 0.6) is 0 Å². The molecule has 2 rings (SSSR count). The molecule has 44 heavy (non-hydrogen) atoms. The van der Waals surface area contributed by atoms with Crippen molar-refractivity contribution in [1.82, 2.24) is 10.2 Å². The second kappa shape index (κ2) is 22.6. The molecule has 0 fully saturated rings. The zero-order chi connectivity index (χ0) is 31.3. The number of hydrogen-bond acceptors (Lipinski definition) is 4. The predicted molar refractivity (Wildman–Crippen MR) is 170 cm³/mol. The highest BCUT2D eigenvalue weighted by Crippen LogP contribution is 2.29. The maximum absolute atomic E-state index is 12.9. The number of halogens is 3. The van der Waals surface area contributed by atoms with Crippen molar-refractivity contribution in [3.63, 3.8) is 0 Å². The summed E-state index contributed by atoms with van der Waals surface area (Å²) < 4.78 is 43.8. The van der Waals surface area contributed by atoms with Crippen LogP contribution < -0.4 is 5.32 Å². The molecule has 2 aromatic rings. The number of ether oxygens (including phenoxy) is 1. The summed E-state index contributed by atoms with van der Waals surface area (Å²) >= 11 is 0. The van der Waals surface area contributed by atoms with Gasteiger partial charge in [0.2, 0.25) is 0 Å². The van der Waals surface area contributed by atoms with Gasteiger partial charge >= 0.3 is 12.1 Å². The molecule has 0 bridgehead atoms. The van der Waals surface area contributed by atoms with Crippen molar-refractivity contribution < 1.29 is 33.0 Å². The van der Waals surface area contributed by atoms with Gasteiger partial charge in [0.1, 0.15) is 6.61 Å². The molecule has 0 heterocycles. The molecule has 2 aromatic carbocycles. The number of carbonyl (C=O) groups excluding carboxylic acids is 2. The maximum Gasteiger partial charge on any atom is 0.416 e. The largest absolute Gasteiger partial charge is 0.465 e. The van der Waals surface area contributed by atoms with E-state index >= 15 is 0 Å². The Morgan fingerprint density at radius 3 is 1.64 bits per heavy atom. The first-order valence-electron chi connectivity index (χ1n) is 16.1. The molecule has 0 spiro atoms. The Bertz CT molecular complexity index is 1040. The van der Waals surface area contributed by atoms with Crippen molar-refractivity contribution in [2.75, 3.05) is 19.7 Å². The zero-order valence-corrected chi connectivity index (χ0v) is 26.7. The molecule has 0 saturated carbocycles. The quantitative estimate of drug-likeness (QED) is 0.106. The van der Waals surface area contributed by atoms with Crippen molar-refractivity contribution in [3.05, 3.63) is 70.8 Å². The molecule has 248 valence electrons. The van der Waals surface area contributed by atoms with Crippen LogP contribution in [-0.4, -0.2) is 41.9 Å². The van der Waals surface area contributed by atoms with Crippen LogP contribution in [0.15, 0.2) is 48.5 Å². The second-order valence-corrected chi connectivity index (χ2v) is 11.4. The monoisotopic (exact) mass is 622 g/mol. The number of amides is 1. The lowest BCUT2D eigenvalue weighted by Gasteiger charge is -2.23. The Kier molecular flexibility index (Phi) is 20.1. The summed E-state index contributed by atoms with van der Waals surface area (Å²) in [5, 5.41) is 3.01. The Labute approximate surface area is 262 Å². The van der Waals surface area contributed by atoms with E-state index in [1.807, 2.05) is 17.0 Å². The van der Waals surface area contributed by atoms with Gasteiger partial charge in [-0.25, -0.2) is 0 Å². The molecule has 0 aliphatic carbocycles.